The van der Waals surface area contributed by atoms with Crippen LogP contribution in [0.25, 0.3) is 11.1 Å². The van der Waals surface area contributed by atoms with Gasteiger partial charge in [-0.1, -0.05) is 6.92 Å². The smallest absolute Gasteiger partial charge is 0.408 e. The monoisotopic (exact) mass is 479 g/mol. The van der Waals surface area contributed by atoms with Crippen LogP contribution in [0.2, 0.25) is 0 Å². The van der Waals surface area contributed by atoms with Crippen LogP contribution >= 0.6 is 11.3 Å². The minimum absolute atomic E-state index is 0.0249. The lowest BCUT2D eigenvalue weighted by Crippen LogP contribution is -2.44. The molecule has 5 atom stereocenters. The number of nitrogens with one attached hydrogen (secondary N) is 2. The van der Waals surface area contributed by atoms with E-state index >= 15 is 0 Å². The Bertz CT molecular complexity index is 1350. The number of rotatable bonds is 4. The molecule has 0 saturated heterocycles. The highest BCUT2D eigenvalue weighted by Gasteiger charge is 2.58. The molecule has 178 valence electrons. The fraction of sp³-hybridized carbons (Fsp3) is 0.538. The van der Waals surface area contributed by atoms with Gasteiger partial charge in [-0.05, 0) is 86.0 Å². The van der Waals surface area contributed by atoms with Crippen LogP contribution in [-0.2, 0) is 16.0 Å². The number of nitrogens with zero attached hydrogens (tertiary/aromatic N) is 1. The Morgan fingerprint density at radius 3 is 2.97 bits per heavy atom. The maximum Gasteiger partial charge on any atom is 0.417 e. The molecule has 2 N–H and O–H groups in total. The molecule has 6 rings (SSSR count). The molecule has 3 aliphatic carbocycles. The number of carbonyl (C=O) groups is 2. The van der Waals surface area contributed by atoms with E-state index in [4.69, 9.17) is 4.42 Å². The number of carbonyl (C=O) groups excluding carboxylic acids is 2. The Morgan fingerprint density at radius 1 is 1.32 bits per heavy atom. The second-order valence-electron chi connectivity index (χ2n) is 10.6. The third-order valence-electron chi connectivity index (χ3n) is 8.72. The van der Waals surface area contributed by atoms with Crippen molar-refractivity contribution in [2.24, 2.45) is 23.2 Å². The van der Waals surface area contributed by atoms with Crippen LogP contribution in [0.4, 0.5) is 5.13 Å². The number of aromatic nitrogens is 2. The number of hydrogen-bond donors (Lipinski definition) is 2. The number of Topliss-reactive ketones (excluding diaryl/α,β-unsaturated/α-hetero) is 1. The lowest BCUT2D eigenvalue weighted by Gasteiger charge is -2.50. The van der Waals surface area contributed by atoms with Gasteiger partial charge in [0.2, 0.25) is 5.91 Å². The van der Waals surface area contributed by atoms with E-state index in [9.17, 15) is 14.4 Å². The summed E-state index contributed by atoms with van der Waals surface area (Å²) in [6.45, 7) is 4.14. The summed E-state index contributed by atoms with van der Waals surface area (Å²) in [5, 5.41) is 3.55. The van der Waals surface area contributed by atoms with E-state index < -0.39 is 5.76 Å². The molecule has 7 nitrogen and oxygen atoms in total. The van der Waals surface area contributed by atoms with Crippen molar-refractivity contribution >= 4 is 39.3 Å². The van der Waals surface area contributed by atoms with Gasteiger partial charge in [0.25, 0.3) is 0 Å². The Balaban J connectivity index is 1.24. The Kier molecular flexibility index (Phi) is 5.06. The lowest BCUT2D eigenvalue weighted by molar-refractivity contribution is -0.129. The van der Waals surface area contributed by atoms with Gasteiger partial charge in [0.05, 0.1) is 5.52 Å². The van der Waals surface area contributed by atoms with Crippen LogP contribution < -0.4 is 11.1 Å². The van der Waals surface area contributed by atoms with Crippen LogP contribution in [0.5, 0.6) is 0 Å². The molecule has 3 aliphatic rings. The van der Waals surface area contributed by atoms with Crippen molar-refractivity contribution in [3.63, 3.8) is 0 Å². The van der Waals surface area contributed by atoms with Crippen LogP contribution in [0, 0.1) is 30.1 Å². The van der Waals surface area contributed by atoms with Gasteiger partial charge in [-0.2, -0.15) is 0 Å². The first-order valence-electron chi connectivity index (χ1n) is 12.2. The van der Waals surface area contributed by atoms with E-state index in [0.29, 0.717) is 47.1 Å². The molecule has 0 bridgehead atoms. The van der Waals surface area contributed by atoms with E-state index in [1.165, 1.54) is 22.5 Å². The van der Waals surface area contributed by atoms with E-state index in [-0.39, 0.29) is 17.2 Å². The summed E-state index contributed by atoms with van der Waals surface area (Å²) in [5.74, 6) is 1.25. The maximum absolute atomic E-state index is 13.2. The third kappa shape index (κ3) is 3.45. The van der Waals surface area contributed by atoms with Gasteiger partial charge in [0.15, 0.2) is 10.7 Å². The highest BCUT2D eigenvalue weighted by Crippen LogP contribution is 2.62. The zero-order valence-electron chi connectivity index (χ0n) is 19.5. The first kappa shape index (κ1) is 21.8. The summed E-state index contributed by atoms with van der Waals surface area (Å²) in [6.07, 6.45) is 7.32. The fourth-order valence-electron chi connectivity index (χ4n) is 7.25. The Hall–Kier alpha value is -2.74. The first-order valence-corrected chi connectivity index (χ1v) is 13.0. The number of fused-ring (bicyclic) bond motifs is 6. The van der Waals surface area contributed by atoms with Crippen LogP contribution in [0.15, 0.2) is 27.5 Å². The number of hydrogen-bond acceptors (Lipinski definition) is 6. The van der Waals surface area contributed by atoms with Gasteiger partial charge in [-0.15, -0.1) is 11.3 Å². The predicted octanol–water partition coefficient (Wildman–Crippen LogP) is 4.96. The summed E-state index contributed by atoms with van der Waals surface area (Å²) in [5.41, 5.74) is 3.65. The highest BCUT2D eigenvalue weighted by molar-refractivity contribution is 7.15. The van der Waals surface area contributed by atoms with E-state index in [2.05, 4.69) is 28.3 Å². The molecule has 1 amide bonds. The van der Waals surface area contributed by atoms with E-state index in [1.54, 1.807) is 6.20 Å². The maximum atomic E-state index is 13.2. The zero-order chi connectivity index (χ0) is 23.6. The van der Waals surface area contributed by atoms with Gasteiger partial charge in [-0.3, -0.25) is 14.6 Å². The minimum atomic E-state index is -0.419. The standard InChI is InChI=1S/C26H29N3O4S/c1-13-12-27-24(34-13)29-22(31)6-4-15-10-21(30)26(2)8-7-16-17(23(15)26)5-3-14-9-20-19(11-18(14)16)28-25(32)33-20/h9,11-12,15-17,23H,3-8,10H2,1-2H3,(H,28,32)(H,27,29,31)/t15-,16?,17?,23+,26-/m1/s1. The predicted molar refractivity (Wildman–Crippen MR) is 130 cm³/mol. The van der Waals surface area contributed by atoms with Crippen LogP contribution in [-0.4, -0.2) is 21.7 Å². The summed E-state index contributed by atoms with van der Waals surface area (Å²) < 4.78 is 5.29. The van der Waals surface area contributed by atoms with Crippen LogP contribution in [0.1, 0.15) is 67.4 Å². The lowest BCUT2D eigenvalue weighted by atomic mass is 9.54. The molecule has 2 aromatic heterocycles. The average Bonchev–Trinajstić information content (AvgIpc) is 3.44. The molecule has 0 aliphatic heterocycles. The van der Waals surface area contributed by atoms with Gasteiger partial charge in [0.1, 0.15) is 5.78 Å². The molecule has 2 fully saturated rings. The molecule has 0 spiro atoms. The summed E-state index contributed by atoms with van der Waals surface area (Å²) in [6, 6.07) is 4.12. The number of aryl methyl sites for hydroxylation is 2. The van der Waals surface area contributed by atoms with Crippen molar-refractivity contribution < 1.29 is 14.0 Å². The molecular formula is C26H29N3O4S. The second-order valence-corrected chi connectivity index (χ2v) is 11.8. The number of benzene rings is 1. The number of H-pyrrole nitrogens is 1. The second kappa shape index (κ2) is 7.90. The van der Waals surface area contributed by atoms with Crippen LogP contribution in [0.3, 0.4) is 0 Å². The Morgan fingerprint density at radius 2 is 2.18 bits per heavy atom. The van der Waals surface area contributed by atoms with Crippen molar-refractivity contribution in [2.75, 3.05) is 5.32 Å². The summed E-state index contributed by atoms with van der Waals surface area (Å²) >= 11 is 1.48. The molecule has 2 unspecified atom stereocenters. The van der Waals surface area contributed by atoms with Crippen molar-refractivity contribution in [3.05, 3.63) is 44.9 Å². The molecule has 3 aromatic rings. The van der Waals surface area contributed by atoms with Gasteiger partial charge >= 0.3 is 5.76 Å². The largest absolute Gasteiger partial charge is 0.417 e. The average molecular weight is 480 g/mol. The number of anilines is 1. The number of aromatic amines is 1. The quantitative estimate of drug-likeness (QED) is 0.550. The Labute approximate surface area is 201 Å². The SMILES string of the molecule is Cc1cnc(NC(=O)CC[C@@H]2CC(=O)[C@@]3(C)CCC4c5cc6[nH]c(=O)oc6cc5CCC4[C@H]23)s1. The van der Waals surface area contributed by atoms with Crippen molar-refractivity contribution in [3.8, 4) is 0 Å². The molecule has 0 radical (unpaired) electrons. The number of oxazole rings is 1. The summed E-state index contributed by atoms with van der Waals surface area (Å²) in [4.78, 5) is 45.6. The molecule has 2 heterocycles. The minimum Gasteiger partial charge on any atom is -0.408 e. The van der Waals surface area contributed by atoms with Gasteiger partial charge in [-0.25, -0.2) is 9.78 Å². The van der Waals surface area contributed by atoms with E-state index in [0.717, 1.165) is 42.5 Å². The molecule has 34 heavy (non-hydrogen) atoms. The number of thiazole rings is 1. The number of amides is 1. The van der Waals surface area contributed by atoms with Gasteiger partial charge in [0, 0.05) is 29.3 Å². The summed E-state index contributed by atoms with van der Waals surface area (Å²) in [7, 11) is 0. The van der Waals surface area contributed by atoms with E-state index in [1.807, 2.05) is 13.0 Å². The third-order valence-corrected chi connectivity index (χ3v) is 9.55. The topological polar surface area (TPSA) is 105 Å². The van der Waals surface area contributed by atoms with Crippen molar-refractivity contribution in [1.29, 1.82) is 0 Å². The molecule has 1 aromatic carbocycles. The number of ketones is 1. The van der Waals surface area contributed by atoms with Gasteiger partial charge < -0.3 is 9.73 Å². The zero-order valence-corrected chi connectivity index (χ0v) is 20.3. The fourth-order valence-corrected chi connectivity index (χ4v) is 7.93. The van der Waals surface area contributed by atoms with Crippen molar-refractivity contribution in [1.82, 2.24) is 9.97 Å². The molecular weight excluding hydrogens is 450 g/mol. The molecule has 8 heteroatoms. The molecule has 2 saturated carbocycles. The first-order chi connectivity index (χ1) is 16.3. The normalized spacial score (nSPS) is 30.1. The highest BCUT2D eigenvalue weighted by atomic mass is 32.1. The van der Waals surface area contributed by atoms with Crippen molar-refractivity contribution in [2.45, 2.75) is 64.7 Å².